The predicted octanol–water partition coefficient (Wildman–Crippen LogP) is -2.38. The maximum Gasteiger partial charge on any atom is 0.305 e. The number of tetrazole rings is 1. The van der Waals surface area contributed by atoms with Crippen LogP contribution in [0.4, 0.5) is 5.69 Å². The summed E-state index contributed by atoms with van der Waals surface area (Å²) in [5.41, 5.74) is 1.02. The van der Waals surface area contributed by atoms with Crippen LogP contribution in [0.2, 0.25) is 0 Å². The molecule has 6 N–H and O–H groups in total. The number of carbonyl (C=O) groups is 7. The number of nitrogens with one attached hydrogen (secondary N) is 5. The summed E-state index contributed by atoms with van der Waals surface area (Å²) in [5, 5.41) is 31.8. The van der Waals surface area contributed by atoms with Crippen LogP contribution >= 0.6 is 0 Å². The van der Waals surface area contributed by atoms with Crippen molar-refractivity contribution in [3.63, 3.8) is 0 Å². The van der Waals surface area contributed by atoms with Crippen LogP contribution in [0.3, 0.4) is 0 Å². The Balaban J connectivity index is 1.75. The number of anilines is 1. The van der Waals surface area contributed by atoms with Gasteiger partial charge in [-0.2, -0.15) is 5.21 Å². The first kappa shape index (κ1) is 32.3. The predicted molar refractivity (Wildman–Crippen MR) is 147 cm³/mol. The number of aromatic amines is 1. The molecule has 0 fully saturated rings. The number of aromatic nitrogens is 4. The van der Waals surface area contributed by atoms with Gasteiger partial charge in [0.2, 0.25) is 29.4 Å². The number of likely N-dealkylation sites (N-methyl/N-ethyl adjacent to an activating group) is 1. The number of nitrogens with zero attached hydrogens (tertiary/aromatic N) is 4. The molecule has 17 nitrogen and oxygen atoms in total. The van der Waals surface area contributed by atoms with E-state index in [0.717, 1.165) is 4.90 Å². The summed E-state index contributed by atoms with van der Waals surface area (Å²) in [6.45, 7) is 3.05. The minimum absolute atomic E-state index is 0.0390. The Morgan fingerprint density at radius 3 is 2.47 bits per heavy atom. The lowest BCUT2D eigenvalue weighted by Gasteiger charge is -2.27. The molecule has 5 amide bonds. The molecule has 0 aliphatic carbocycles. The fourth-order valence-corrected chi connectivity index (χ4v) is 4.52. The number of carbonyl (C=O) groups excluding carboxylic acids is 6. The zero-order chi connectivity index (χ0) is 31.7. The lowest BCUT2D eigenvalue weighted by atomic mass is 9.98. The fraction of sp³-hybridized carbons (Fsp3) is 0.462. The van der Waals surface area contributed by atoms with Crippen LogP contribution in [0.5, 0.6) is 0 Å². The van der Waals surface area contributed by atoms with Gasteiger partial charge in [0.05, 0.1) is 19.4 Å². The van der Waals surface area contributed by atoms with Crippen molar-refractivity contribution in [1.82, 2.24) is 41.9 Å². The number of para-hydroxylation sites is 1. The molecule has 1 unspecified atom stereocenters. The van der Waals surface area contributed by atoms with E-state index in [1.807, 2.05) is 6.92 Å². The summed E-state index contributed by atoms with van der Waals surface area (Å²) in [5.74, 6) is -6.52. The van der Waals surface area contributed by atoms with E-state index < -0.39 is 72.4 Å². The van der Waals surface area contributed by atoms with Gasteiger partial charge in [0.15, 0.2) is 5.82 Å². The van der Waals surface area contributed by atoms with Crippen LogP contribution in [0.1, 0.15) is 38.1 Å². The number of hydrogen-bond acceptors (Lipinski definition) is 10. The average Bonchev–Trinajstić information content (AvgIpc) is 3.64. The normalized spacial score (nSPS) is 15.8. The van der Waals surface area contributed by atoms with Crippen molar-refractivity contribution in [2.75, 3.05) is 18.5 Å². The van der Waals surface area contributed by atoms with Crippen molar-refractivity contribution in [3.05, 3.63) is 35.7 Å². The van der Waals surface area contributed by atoms with Crippen molar-refractivity contribution >= 4 is 47.0 Å². The molecule has 1 aliphatic heterocycles. The monoisotopic (exact) mass is 599 g/mol. The Morgan fingerprint density at radius 1 is 1.12 bits per heavy atom. The SMILES string of the molecule is CC[C@H](C)[C@H](NC(=O)Cc1nn[nH]n1)C(=O)NCC(=O)N1c2ccccc2C[C@H]1C(=O)NC(CC(=O)O)C(=O)C(=O)NC. The van der Waals surface area contributed by atoms with Gasteiger partial charge in [-0.3, -0.25) is 38.5 Å². The molecule has 230 valence electrons. The second-order valence-corrected chi connectivity index (χ2v) is 9.87. The number of Topliss-reactive ketones (excluding diaryl/α,β-unsaturated/α-hetero) is 1. The number of aliphatic carboxylic acids is 1. The topological polar surface area (TPSA) is 246 Å². The van der Waals surface area contributed by atoms with Crippen LogP contribution in [0, 0.1) is 5.92 Å². The summed E-state index contributed by atoms with van der Waals surface area (Å²) >= 11 is 0. The Hall–Kier alpha value is -5.22. The van der Waals surface area contributed by atoms with Crippen LogP contribution in [0.15, 0.2) is 24.3 Å². The number of carboxylic acids is 1. The molecule has 0 saturated heterocycles. The van der Waals surface area contributed by atoms with Crippen LogP contribution in [0.25, 0.3) is 0 Å². The highest BCUT2D eigenvalue weighted by Crippen LogP contribution is 2.32. The Morgan fingerprint density at radius 2 is 1.84 bits per heavy atom. The Bertz CT molecular complexity index is 1380. The van der Waals surface area contributed by atoms with Gasteiger partial charge in [0, 0.05) is 19.2 Å². The maximum absolute atomic E-state index is 13.5. The van der Waals surface area contributed by atoms with Crippen molar-refractivity contribution in [1.29, 1.82) is 0 Å². The number of benzene rings is 1. The van der Waals surface area contributed by atoms with E-state index in [0.29, 0.717) is 17.7 Å². The van der Waals surface area contributed by atoms with Gasteiger partial charge < -0.3 is 26.4 Å². The Kier molecular flexibility index (Phi) is 11.0. The first-order valence-electron chi connectivity index (χ1n) is 13.4. The first-order valence-corrected chi connectivity index (χ1v) is 13.4. The minimum Gasteiger partial charge on any atom is -0.481 e. The third-order valence-corrected chi connectivity index (χ3v) is 6.94. The number of rotatable bonds is 14. The highest BCUT2D eigenvalue weighted by Gasteiger charge is 2.40. The first-order chi connectivity index (χ1) is 20.5. The lowest BCUT2D eigenvalue weighted by molar-refractivity contribution is -0.143. The smallest absolute Gasteiger partial charge is 0.305 e. The van der Waals surface area contributed by atoms with Gasteiger partial charge in [0.25, 0.3) is 5.91 Å². The van der Waals surface area contributed by atoms with Crippen LogP contribution in [-0.4, -0.2) is 98.7 Å². The number of fused-ring (bicyclic) bond motifs is 1. The number of H-pyrrole nitrogens is 1. The van der Waals surface area contributed by atoms with Gasteiger partial charge in [-0.1, -0.05) is 43.7 Å². The molecule has 0 radical (unpaired) electrons. The highest BCUT2D eigenvalue weighted by molar-refractivity contribution is 6.38. The van der Waals surface area contributed by atoms with E-state index in [2.05, 4.69) is 41.9 Å². The number of carboxylic acid groups (broad SMARTS) is 1. The van der Waals surface area contributed by atoms with E-state index in [-0.39, 0.29) is 24.6 Å². The van der Waals surface area contributed by atoms with Crippen molar-refractivity contribution in [3.8, 4) is 0 Å². The van der Waals surface area contributed by atoms with Gasteiger partial charge >= 0.3 is 5.97 Å². The van der Waals surface area contributed by atoms with E-state index in [1.165, 1.54) is 7.05 Å². The van der Waals surface area contributed by atoms with Gasteiger partial charge in [-0.15, -0.1) is 10.2 Å². The zero-order valence-corrected chi connectivity index (χ0v) is 23.7. The van der Waals surface area contributed by atoms with Crippen molar-refractivity contribution in [2.24, 2.45) is 5.92 Å². The zero-order valence-electron chi connectivity index (χ0n) is 23.7. The minimum atomic E-state index is -1.67. The summed E-state index contributed by atoms with van der Waals surface area (Å²) < 4.78 is 0. The second-order valence-electron chi connectivity index (χ2n) is 9.87. The van der Waals surface area contributed by atoms with E-state index in [9.17, 15) is 38.7 Å². The molecule has 0 spiro atoms. The molecule has 2 aromatic rings. The third-order valence-electron chi connectivity index (χ3n) is 6.94. The van der Waals surface area contributed by atoms with Crippen molar-refractivity contribution < 1.29 is 38.7 Å². The molecule has 43 heavy (non-hydrogen) atoms. The maximum atomic E-state index is 13.5. The molecular formula is C26H33N9O8. The molecule has 3 rings (SSSR count). The van der Waals surface area contributed by atoms with Crippen LogP contribution in [-0.2, 0) is 46.4 Å². The lowest BCUT2D eigenvalue weighted by Crippen LogP contribution is -2.56. The van der Waals surface area contributed by atoms with Crippen LogP contribution < -0.4 is 26.2 Å². The molecule has 4 atom stereocenters. The largest absolute Gasteiger partial charge is 0.481 e. The molecule has 0 bridgehead atoms. The summed E-state index contributed by atoms with van der Waals surface area (Å²) in [4.78, 5) is 89.2. The average molecular weight is 600 g/mol. The standard InChI is InChI=1S/C26H33N9O8/c1-4-13(2)22(30-19(36)11-18-31-33-34-32-18)25(42)28-12-20(37)35-16-8-6-5-7-14(16)9-17(35)24(41)29-15(10-21(38)39)23(40)26(43)27-3/h5-8,13,15,17,22H,4,9-12H2,1-3H3,(H,27,43)(H,28,42)(H,29,41)(H,30,36)(H,38,39)(H,31,32,33,34)/t13-,15?,17-,22-/m0/s1. The highest BCUT2D eigenvalue weighted by atomic mass is 16.4. The summed E-state index contributed by atoms with van der Waals surface area (Å²) in [7, 11) is 1.19. The molecular weight excluding hydrogens is 566 g/mol. The summed E-state index contributed by atoms with van der Waals surface area (Å²) in [6.07, 6.45) is -0.501. The molecule has 1 aromatic carbocycles. The van der Waals surface area contributed by atoms with E-state index >= 15 is 0 Å². The number of ketones is 1. The molecule has 1 aromatic heterocycles. The quantitative estimate of drug-likeness (QED) is 0.125. The molecule has 0 saturated carbocycles. The van der Waals surface area contributed by atoms with Gasteiger partial charge in [-0.25, -0.2) is 0 Å². The molecule has 17 heteroatoms. The summed E-state index contributed by atoms with van der Waals surface area (Å²) in [6, 6.07) is 2.80. The van der Waals surface area contributed by atoms with Crippen molar-refractivity contribution in [2.45, 2.75) is 57.7 Å². The second kappa shape index (κ2) is 14.6. The Labute approximate surface area is 245 Å². The number of amides is 5. The number of hydrogen-bond donors (Lipinski definition) is 6. The third kappa shape index (κ3) is 8.17. The molecule has 1 aliphatic rings. The van der Waals surface area contributed by atoms with Gasteiger partial charge in [-0.05, 0) is 17.5 Å². The van der Waals surface area contributed by atoms with E-state index in [1.54, 1.807) is 31.2 Å². The van der Waals surface area contributed by atoms with E-state index in [4.69, 9.17) is 0 Å². The van der Waals surface area contributed by atoms with Gasteiger partial charge in [0.1, 0.15) is 18.1 Å². The molecule has 2 heterocycles. The fourth-order valence-electron chi connectivity index (χ4n) is 4.52.